The number of aromatic hydroxyl groups is 2. The largest absolute Gasteiger partial charge is 0.504 e. The molecule has 0 aliphatic rings. The normalized spacial score (nSPS) is 10.7. The van der Waals surface area contributed by atoms with Gasteiger partial charge in [0.2, 0.25) is 0 Å². The first-order chi connectivity index (χ1) is 10.0. The van der Waals surface area contributed by atoms with Gasteiger partial charge in [-0.25, -0.2) is 4.98 Å². The molecule has 1 aromatic heterocycles. The van der Waals surface area contributed by atoms with Gasteiger partial charge in [-0.1, -0.05) is 0 Å². The summed E-state index contributed by atoms with van der Waals surface area (Å²) in [6.07, 6.45) is 0. The number of hydrogen-bond donors (Lipinski definition) is 3. The highest BCUT2D eigenvalue weighted by molar-refractivity contribution is 14.1. The maximum Gasteiger partial charge on any atom is 0.284 e. The molecular weight excluding hydrogens is 403 g/mol. The molecule has 0 atom stereocenters. The Morgan fingerprint density at radius 2 is 1.81 bits per heavy atom. The quantitative estimate of drug-likeness (QED) is 0.444. The molecule has 0 fully saturated rings. The van der Waals surface area contributed by atoms with Crippen LogP contribution in [-0.4, -0.2) is 21.1 Å². The predicted octanol–water partition coefficient (Wildman–Crippen LogP) is 3.56. The summed E-state index contributed by atoms with van der Waals surface area (Å²) in [6, 6.07) is 10.1. The smallest absolute Gasteiger partial charge is 0.284 e. The van der Waals surface area contributed by atoms with Gasteiger partial charge in [0.1, 0.15) is 0 Å². The van der Waals surface area contributed by atoms with Crippen molar-refractivity contribution in [3.63, 3.8) is 0 Å². The Morgan fingerprint density at radius 3 is 2.52 bits per heavy atom. The fourth-order valence-electron chi connectivity index (χ4n) is 1.77. The van der Waals surface area contributed by atoms with Crippen molar-refractivity contribution in [2.75, 3.05) is 5.32 Å². The summed E-state index contributed by atoms with van der Waals surface area (Å²) in [5.41, 5.74) is 1.16. The summed E-state index contributed by atoms with van der Waals surface area (Å²) in [6.45, 7) is 0. The van der Waals surface area contributed by atoms with E-state index in [1.165, 1.54) is 12.1 Å². The Hall–Kier alpha value is -1.87. The number of benzene rings is 2. The van der Waals surface area contributed by atoms with Gasteiger partial charge >= 0.3 is 0 Å². The number of nitrogens with zero attached hydrogens (tertiary/aromatic N) is 1. The summed E-state index contributed by atoms with van der Waals surface area (Å²) in [7, 11) is 0. The van der Waals surface area contributed by atoms with Crippen molar-refractivity contribution >= 4 is 55.7 Å². The van der Waals surface area contributed by atoms with E-state index in [0.717, 1.165) is 14.9 Å². The second kappa shape index (κ2) is 5.49. The van der Waals surface area contributed by atoms with E-state index in [4.69, 9.17) is 0 Å². The Labute approximate surface area is 137 Å². The molecule has 0 saturated carbocycles. The zero-order valence-electron chi connectivity index (χ0n) is 10.5. The van der Waals surface area contributed by atoms with Crippen molar-refractivity contribution < 1.29 is 15.0 Å². The molecule has 21 heavy (non-hydrogen) atoms. The highest BCUT2D eigenvalue weighted by Crippen LogP contribution is 2.33. The van der Waals surface area contributed by atoms with Crippen molar-refractivity contribution in [3.8, 4) is 11.5 Å². The summed E-state index contributed by atoms with van der Waals surface area (Å²) in [5, 5.41) is 21.9. The molecular formula is C14H9IN2O3S. The first-order valence-corrected chi connectivity index (χ1v) is 7.82. The zero-order valence-corrected chi connectivity index (χ0v) is 13.5. The second-order valence-corrected chi connectivity index (χ2v) is 6.56. The summed E-state index contributed by atoms with van der Waals surface area (Å²) in [4.78, 5) is 16.3. The number of carbonyl (C=O) groups excluding carboxylic acids is 1. The van der Waals surface area contributed by atoms with Crippen LogP contribution in [0, 0.1) is 3.57 Å². The SMILES string of the molecule is O=C(Nc1ccc(I)cc1)c1nc2cc(O)c(O)cc2s1. The summed E-state index contributed by atoms with van der Waals surface area (Å²) in [5.74, 6) is -0.801. The number of hydrogen-bond acceptors (Lipinski definition) is 5. The van der Waals surface area contributed by atoms with Crippen LogP contribution in [0.5, 0.6) is 11.5 Å². The number of amides is 1. The summed E-state index contributed by atoms with van der Waals surface area (Å²) < 4.78 is 1.72. The van der Waals surface area contributed by atoms with Crippen molar-refractivity contribution in [1.82, 2.24) is 4.98 Å². The van der Waals surface area contributed by atoms with Gasteiger partial charge in [0.15, 0.2) is 16.5 Å². The number of halogens is 1. The van der Waals surface area contributed by atoms with Crippen LogP contribution in [0.2, 0.25) is 0 Å². The number of fused-ring (bicyclic) bond motifs is 1. The molecule has 0 radical (unpaired) electrons. The van der Waals surface area contributed by atoms with Crippen LogP contribution in [0.1, 0.15) is 9.80 Å². The predicted molar refractivity (Wildman–Crippen MR) is 90.1 cm³/mol. The van der Waals surface area contributed by atoms with Crippen LogP contribution in [0.4, 0.5) is 5.69 Å². The first-order valence-electron chi connectivity index (χ1n) is 5.92. The van der Waals surface area contributed by atoms with Crippen LogP contribution in [0.3, 0.4) is 0 Å². The van der Waals surface area contributed by atoms with Crippen LogP contribution >= 0.6 is 33.9 Å². The van der Waals surface area contributed by atoms with Crippen LogP contribution < -0.4 is 5.32 Å². The third kappa shape index (κ3) is 2.93. The van der Waals surface area contributed by atoms with Crippen molar-refractivity contribution in [3.05, 3.63) is 45.0 Å². The lowest BCUT2D eigenvalue weighted by molar-refractivity contribution is 0.102. The Balaban J connectivity index is 1.89. The van der Waals surface area contributed by atoms with Gasteiger partial charge in [0.05, 0.1) is 10.2 Å². The number of aromatic nitrogens is 1. The average Bonchev–Trinajstić information content (AvgIpc) is 2.85. The molecule has 0 unspecified atom stereocenters. The number of anilines is 1. The van der Waals surface area contributed by atoms with Gasteiger partial charge in [0, 0.05) is 21.4 Å². The zero-order chi connectivity index (χ0) is 15.0. The molecule has 1 amide bonds. The first kappa shape index (κ1) is 14.1. The number of rotatable bonds is 2. The van der Waals surface area contributed by atoms with E-state index < -0.39 is 0 Å². The molecule has 0 saturated heterocycles. The molecule has 0 bridgehead atoms. The van der Waals surface area contributed by atoms with Gasteiger partial charge in [-0.15, -0.1) is 11.3 Å². The van der Waals surface area contributed by atoms with Crippen molar-refractivity contribution in [2.45, 2.75) is 0 Å². The summed E-state index contributed by atoms with van der Waals surface area (Å²) >= 11 is 3.34. The highest BCUT2D eigenvalue weighted by Gasteiger charge is 2.14. The number of phenols is 2. The topological polar surface area (TPSA) is 82.5 Å². The van der Waals surface area contributed by atoms with E-state index in [9.17, 15) is 15.0 Å². The van der Waals surface area contributed by atoms with E-state index in [1.54, 1.807) is 0 Å². The number of phenolic OH excluding ortho intramolecular Hbond substituents is 2. The molecule has 7 heteroatoms. The Morgan fingerprint density at radius 1 is 1.14 bits per heavy atom. The van der Waals surface area contributed by atoms with Gasteiger partial charge in [-0.05, 0) is 46.9 Å². The van der Waals surface area contributed by atoms with Crippen molar-refractivity contribution in [1.29, 1.82) is 0 Å². The molecule has 106 valence electrons. The standard InChI is InChI=1S/C14H9IN2O3S/c15-7-1-3-8(4-2-7)16-13(20)14-17-9-5-10(18)11(19)6-12(9)21-14/h1-6,18-19H,(H,16,20). The van der Waals surface area contributed by atoms with E-state index in [-0.39, 0.29) is 22.4 Å². The van der Waals surface area contributed by atoms with Crippen LogP contribution in [0.15, 0.2) is 36.4 Å². The van der Waals surface area contributed by atoms with Gasteiger partial charge in [-0.3, -0.25) is 4.79 Å². The molecule has 3 N–H and O–H groups in total. The lowest BCUT2D eigenvalue weighted by Crippen LogP contribution is -2.11. The fourth-order valence-corrected chi connectivity index (χ4v) is 3.00. The minimum atomic E-state index is -0.323. The minimum Gasteiger partial charge on any atom is -0.504 e. The average molecular weight is 412 g/mol. The highest BCUT2D eigenvalue weighted by atomic mass is 127. The van der Waals surface area contributed by atoms with Gasteiger partial charge in [-0.2, -0.15) is 0 Å². The number of carbonyl (C=O) groups is 1. The molecule has 1 heterocycles. The molecule has 3 aromatic rings. The van der Waals surface area contributed by atoms with E-state index in [2.05, 4.69) is 32.9 Å². The number of thiazole rings is 1. The number of nitrogens with one attached hydrogen (secondary N) is 1. The van der Waals surface area contributed by atoms with Crippen molar-refractivity contribution in [2.24, 2.45) is 0 Å². The molecule has 5 nitrogen and oxygen atoms in total. The molecule has 0 aliphatic heterocycles. The van der Waals surface area contributed by atoms with E-state index in [0.29, 0.717) is 15.9 Å². The van der Waals surface area contributed by atoms with Gasteiger partial charge in [0.25, 0.3) is 5.91 Å². The molecule has 2 aromatic carbocycles. The maximum atomic E-state index is 12.1. The van der Waals surface area contributed by atoms with Gasteiger partial charge < -0.3 is 15.5 Å². The lowest BCUT2D eigenvalue weighted by Gasteiger charge is -2.02. The van der Waals surface area contributed by atoms with Crippen LogP contribution in [0.25, 0.3) is 10.2 Å². The maximum absolute atomic E-state index is 12.1. The molecule has 3 rings (SSSR count). The molecule has 0 spiro atoms. The second-order valence-electron chi connectivity index (χ2n) is 4.29. The third-order valence-corrected chi connectivity index (χ3v) is 4.52. The van der Waals surface area contributed by atoms with Crippen LogP contribution in [-0.2, 0) is 0 Å². The van der Waals surface area contributed by atoms with E-state index in [1.807, 2.05) is 24.3 Å². The third-order valence-electron chi connectivity index (χ3n) is 2.78. The minimum absolute atomic E-state index is 0.226. The Bertz CT molecular complexity index is 791. The monoisotopic (exact) mass is 412 g/mol. The molecule has 0 aliphatic carbocycles. The fraction of sp³-hybridized carbons (Fsp3) is 0. The Kier molecular flexibility index (Phi) is 3.68. The van der Waals surface area contributed by atoms with E-state index >= 15 is 0 Å². The lowest BCUT2D eigenvalue weighted by atomic mass is 10.3.